The zero-order chi connectivity index (χ0) is 22.0. The number of H-pyrrole nitrogens is 1. The predicted molar refractivity (Wildman–Crippen MR) is 113 cm³/mol. The quantitative estimate of drug-likeness (QED) is 0.452. The molecule has 0 saturated heterocycles. The fourth-order valence-corrected chi connectivity index (χ4v) is 3.14. The van der Waals surface area contributed by atoms with Crippen LogP contribution in [0.4, 0.5) is 14.6 Å². The summed E-state index contributed by atoms with van der Waals surface area (Å²) >= 11 is 0. The lowest BCUT2D eigenvalue weighted by Crippen LogP contribution is -2.25. The third-order valence-corrected chi connectivity index (χ3v) is 4.58. The van der Waals surface area contributed by atoms with E-state index in [1.807, 2.05) is 6.92 Å². The molecule has 3 N–H and O–H groups in total. The number of hydrogen-bond acceptors (Lipinski definition) is 6. The van der Waals surface area contributed by atoms with Gasteiger partial charge in [-0.1, -0.05) is 25.1 Å². The highest BCUT2D eigenvalue weighted by atomic mass is 19.1. The molecule has 8 nitrogen and oxygen atoms in total. The second-order valence-corrected chi connectivity index (χ2v) is 6.47. The van der Waals surface area contributed by atoms with Gasteiger partial charge in [-0.05, 0) is 24.3 Å². The van der Waals surface area contributed by atoms with Gasteiger partial charge in [0.15, 0.2) is 11.5 Å². The van der Waals surface area contributed by atoms with Gasteiger partial charge in [-0.3, -0.25) is 9.36 Å². The van der Waals surface area contributed by atoms with Crippen molar-refractivity contribution in [1.29, 1.82) is 0 Å². The Morgan fingerprint density at radius 2 is 1.81 bits per heavy atom. The standard InChI is InChI=1S/C16H12F2N2O.C5H5N5/c1-2-14-19-12-8-5-7-11(18)15(12)16(21)20(14)13-9-4-3-6-10(13)17;6-4-3-5(9-1-7-3)10-2-8-4/h3-9H,2H2,1H3;1-2H,(H3,6,7,8,9,10). The van der Waals surface area contributed by atoms with Gasteiger partial charge in [0.25, 0.3) is 5.56 Å². The monoisotopic (exact) mass is 421 g/mol. The Labute approximate surface area is 174 Å². The average Bonchev–Trinajstić information content (AvgIpc) is 3.25. The number of aromatic amines is 1. The average molecular weight is 421 g/mol. The van der Waals surface area contributed by atoms with Gasteiger partial charge in [-0.15, -0.1) is 0 Å². The summed E-state index contributed by atoms with van der Waals surface area (Å²) in [6.45, 7) is 1.81. The Bertz CT molecular complexity index is 1450. The van der Waals surface area contributed by atoms with E-state index in [1.165, 1.54) is 43.0 Å². The van der Waals surface area contributed by atoms with Crippen molar-refractivity contribution in [2.75, 3.05) is 5.73 Å². The molecule has 3 heterocycles. The number of nitrogens with two attached hydrogens (primary N) is 1. The molecule has 0 aliphatic heterocycles. The van der Waals surface area contributed by atoms with E-state index in [1.54, 1.807) is 12.1 Å². The van der Waals surface area contributed by atoms with Gasteiger partial charge in [0.2, 0.25) is 0 Å². The minimum Gasteiger partial charge on any atom is -0.382 e. The maximum Gasteiger partial charge on any atom is 0.269 e. The van der Waals surface area contributed by atoms with Crippen LogP contribution in [0.25, 0.3) is 27.8 Å². The van der Waals surface area contributed by atoms with E-state index in [0.717, 1.165) is 4.57 Å². The number of anilines is 1. The van der Waals surface area contributed by atoms with Crippen molar-refractivity contribution in [2.24, 2.45) is 0 Å². The number of nitrogen functional groups attached to an aromatic ring is 1. The van der Waals surface area contributed by atoms with E-state index in [-0.39, 0.29) is 16.6 Å². The van der Waals surface area contributed by atoms with Crippen molar-refractivity contribution >= 4 is 27.9 Å². The first-order chi connectivity index (χ1) is 15.0. The number of hydrogen-bond donors (Lipinski definition) is 2. The van der Waals surface area contributed by atoms with Crippen molar-refractivity contribution in [2.45, 2.75) is 13.3 Å². The third-order valence-electron chi connectivity index (χ3n) is 4.58. The molecule has 0 saturated carbocycles. The van der Waals surface area contributed by atoms with Crippen LogP contribution in [-0.2, 0) is 6.42 Å². The minimum absolute atomic E-state index is 0.0806. The van der Waals surface area contributed by atoms with Gasteiger partial charge >= 0.3 is 0 Å². The number of fused-ring (bicyclic) bond motifs is 2. The molecule has 0 atom stereocenters. The van der Waals surface area contributed by atoms with Crippen LogP contribution >= 0.6 is 0 Å². The molecular formula is C21H17F2N7O. The lowest BCUT2D eigenvalue weighted by molar-refractivity contribution is 0.609. The maximum atomic E-state index is 14.0. The Morgan fingerprint density at radius 1 is 1.03 bits per heavy atom. The molecule has 0 radical (unpaired) electrons. The summed E-state index contributed by atoms with van der Waals surface area (Å²) in [5, 5.41) is -0.127. The molecule has 0 aliphatic carbocycles. The first-order valence-electron chi connectivity index (χ1n) is 9.35. The van der Waals surface area contributed by atoms with E-state index in [2.05, 4.69) is 24.9 Å². The minimum atomic E-state index is -0.655. The molecule has 0 unspecified atom stereocenters. The second kappa shape index (κ2) is 8.27. The number of aryl methyl sites for hydroxylation is 1. The summed E-state index contributed by atoms with van der Waals surface area (Å²) in [6, 6.07) is 10.2. The van der Waals surface area contributed by atoms with Gasteiger partial charge in [0.1, 0.15) is 34.7 Å². The van der Waals surface area contributed by atoms with E-state index >= 15 is 0 Å². The van der Waals surface area contributed by atoms with Crippen molar-refractivity contribution in [3.63, 3.8) is 0 Å². The number of rotatable bonds is 2. The Kier molecular flexibility index (Phi) is 5.35. The molecule has 0 aliphatic rings. The van der Waals surface area contributed by atoms with Crippen LogP contribution in [0.3, 0.4) is 0 Å². The van der Waals surface area contributed by atoms with Crippen LogP contribution in [-0.4, -0.2) is 29.5 Å². The van der Waals surface area contributed by atoms with Gasteiger partial charge in [-0.25, -0.2) is 28.7 Å². The van der Waals surface area contributed by atoms with Crippen LogP contribution in [0.15, 0.2) is 59.9 Å². The fraction of sp³-hybridized carbons (Fsp3) is 0.0952. The highest BCUT2D eigenvalue weighted by Gasteiger charge is 2.16. The maximum absolute atomic E-state index is 14.0. The molecule has 31 heavy (non-hydrogen) atoms. The normalized spacial score (nSPS) is 10.8. The molecule has 3 aromatic heterocycles. The molecule has 5 aromatic rings. The van der Waals surface area contributed by atoms with Crippen LogP contribution in [0.5, 0.6) is 0 Å². The van der Waals surface area contributed by atoms with E-state index in [4.69, 9.17) is 5.73 Å². The predicted octanol–water partition coefficient (Wildman–Crippen LogP) is 3.16. The second-order valence-electron chi connectivity index (χ2n) is 6.47. The van der Waals surface area contributed by atoms with E-state index < -0.39 is 17.2 Å². The van der Waals surface area contributed by atoms with E-state index in [9.17, 15) is 13.6 Å². The first-order valence-corrected chi connectivity index (χ1v) is 9.35. The van der Waals surface area contributed by atoms with Crippen LogP contribution in [0.2, 0.25) is 0 Å². The summed E-state index contributed by atoms with van der Waals surface area (Å²) < 4.78 is 29.1. The fourth-order valence-electron chi connectivity index (χ4n) is 3.14. The zero-order valence-corrected chi connectivity index (χ0v) is 16.4. The Hall–Kier alpha value is -4.21. The van der Waals surface area contributed by atoms with Crippen molar-refractivity contribution in [3.05, 3.63) is 82.9 Å². The molecule has 5 rings (SSSR count). The third kappa shape index (κ3) is 3.70. The highest BCUT2D eigenvalue weighted by Crippen LogP contribution is 2.17. The topological polar surface area (TPSA) is 115 Å². The molecular weight excluding hydrogens is 404 g/mol. The van der Waals surface area contributed by atoms with Crippen LogP contribution < -0.4 is 11.3 Å². The smallest absolute Gasteiger partial charge is 0.269 e. The molecule has 156 valence electrons. The number of imidazole rings is 1. The lowest BCUT2D eigenvalue weighted by atomic mass is 10.2. The van der Waals surface area contributed by atoms with Gasteiger partial charge in [0, 0.05) is 6.42 Å². The molecule has 2 aromatic carbocycles. The number of aromatic nitrogens is 6. The van der Waals surface area contributed by atoms with Crippen molar-refractivity contribution < 1.29 is 8.78 Å². The number of benzene rings is 2. The summed E-state index contributed by atoms with van der Waals surface area (Å²) in [5.41, 5.74) is 6.54. The van der Waals surface area contributed by atoms with Gasteiger partial charge < -0.3 is 10.7 Å². The molecule has 0 bridgehead atoms. The summed E-state index contributed by atoms with van der Waals surface area (Å²) in [5.74, 6) is -0.379. The summed E-state index contributed by atoms with van der Waals surface area (Å²) in [4.78, 5) is 31.3. The number of nitrogens with one attached hydrogen (secondary N) is 1. The Balaban J connectivity index is 0.000000192. The van der Waals surface area contributed by atoms with Gasteiger partial charge in [-0.2, -0.15) is 0 Å². The summed E-state index contributed by atoms with van der Waals surface area (Å²) in [7, 11) is 0. The summed E-state index contributed by atoms with van der Waals surface area (Å²) in [6.07, 6.45) is 3.35. The molecule has 10 heteroatoms. The molecule has 0 fully saturated rings. The highest BCUT2D eigenvalue weighted by molar-refractivity contribution is 5.80. The Morgan fingerprint density at radius 3 is 2.55 bits per heavy atom. The van der Waals surface area contributed by atoms with E-state index in [0.29, 0.717) is 29.2 Å². The molecule has 0 amide bonds. The SMILES string of the molecule is CCc1nc2cccc(F)c2c(=O)n1-c1ccccc1F.Nc1ncnc2nc[nH]c12. The first kappa shape index (κ1) is 20.1. The lowest BCUT2D eigenvalue weighted by Gasteiger charge is -2.13. The van der Waals surface area contributed by atoms with Crippen LogP contribution in [0, 0.1) is 11.6 Å². The zero-order valence-electron chi connectivity index (χ0n) is 16.4. The van der Waals surface area contributed by atoms with Crippen molar-refractivity contribution in [1.82, 2.24) is 29.5 Å². The number of nitrogens with zero attached hydrogens (tertiary/aromatic N) is 5. The number of para-hydroxylation sites is 1. The largest absolute Gasteiger partial charge is 0.382 e. The van der Waals surface area contributed by atoms with Crippen molar-refractivity contribution in [3.8, 4) is 5.69 Å². The number of halogens is 2. The van der Waals surface area contributed by atoms with Crippen LogP contribution in [0.1, 0.15) is 12.7 Å². The molecule has 0 spiro atoms. The van der Waals surface area contributed by atoms with Gasteiger partial charge in [0.05, 0.1) is 17.5 Å².